The fourth-order valence-corrected chi connectivity index (χ4v) is 5.53. The molecule has 0 radical (unpaired) electrons. The lowest BCUT2D eigenvalue weighted by atomic mass is 10.0. The van der Waals surface area contributed by atoms with Gasteiger partial charge < -0.3 is 5.32 Å². The summed E-state index contributed by atoms with van der Waals surface area (Å²) >= 11 is 12.5. The number of carbonyl (C=O) groups is 1. The lowest BCUT2D eigenvalue weighted by Crippen LogP contribution is -2.16. The lowest BCUT2D eigenvalue weighted by molar-refractivity contribution is -0.137. The van der Waals surface area contributed by atoms with Gasteiger partial charge in [0, 0.05) is 11.6 Å². The highest BCUT2D eigenvalue weighted by Crippen LogP contribution is 2.67. The number of rotatable bonds is 2. The molecule has 1 aromatic rings. The van der Waals surface area contributed by atoms with E-state index in [1.165, 1.54) is 12.1 Å². The summed E-state index contributed by atoms with van der Waals surface area (Å²) in [4.78, 5) is 12.5. The third kappa shape index (κ3) is 3.14. The molecule has 0 heterocycles. The van der Waals surface area contributed by atoms with Crippen molar-refractivity contribution in [1.29, 1.82) is 0 Å². The zero-order valence-corrected chi connectivity index (χ0v) is 14.8. The summed E-state index contributed by atoms with van der Waals surface area (Å²) in [6.45, 7) is 0. The average Bonchev–Trinajstić information content (AvgIpc) is 3.31. The smallest absolute Gasteiger partial charge is 0.326 e. The molecule has 0 unspecified atom stereocenters. The van der Waals surface area contributed by atoms with Crippen LogP contribution in [0.25, 0.3) is 0 Å². The van der Waals surface area contributed by atoms with Gasteiger partial charge in [-0.15, -0.1) is 23.2 Å². The van der Waals surface area contributed by atoms with E-state index < -0.39 is 16.1 Å². The highest BCUT2D eigenvalue weighted by Gasteiger charge is 2.65. The fraction of sp³-hybridized carbons (Fsp3) is 0.611. The Balaban J connectivity index is 1.39. The Hall–Kier alpha value is -0.940. The third-order valence-electron chi connectivity index (χ3n) is 6.08. The zero-order valence-electron chi connectivity index (χ0n) is 13.3. The van der Waals surface area contributed by atoms with Gasteiger partial charge in [-0.2, -0.15) is 13.2 Å². The molecule has 2 nitrogen and oxygen atoms in total. The first-order chi connectivity index (χ1) is 11.7. The Bertz CT molecular complexity index is 684. The van der Waals surface area contributed by atoms with Gasteiger partial charge in [0.15, 0.2) is 0 Å². The number of carbonyl (C=O) groups excluding carboxylic acids is 1. The molecule has 25 heavy (non-hydrogen) atoms. The van der Waals surface area contributed by atoms with Gasteiger partial charge >= 0.3 is 6.18 Å². The predicted molar refractivity (Wildman–Crippen MR) is 90.4 cm³/mol. The first-order valence-corrected chi connectivity index (χ1v) is 9.31. The number of anilines is 1. The van der Waals surface area contributed by atoms with Crippen molar-refractivity contribution in [3.05, 3.63) is 29.8 Å². The van der Waals surface area contributed by atoms with Crippen molar-refractivity contribution < 1.29 is 18.0 Å². The molecule has 3 aliphatic carbocycles. The maximum Gasteiger partial charge on any atom is 0.416 e. The first-order valence-electron chi connectivity index (χ1n) is 8.55. The molecule has 3 fully saturated rings. The minimum absolute atomic E-state index is 0.105. The molecule has 0 bridgehead atoms. The molecule has 7 heteroatoms. The van der Waals surface area contributed by atoms with Gasteiger partial charge in [-0.25, -0.2) is 0 Å². The molecule has 4 atom stereocenters. The number of halogens is 5. The number of hydrogen-bond acceptors (Lipinski definition) is 1. The van der Waals surface area contributed by atoms with Crippen molar-refractivity contribution in [1.82, 2.24) is 0 Å². The van der Waals surface area contributed by atoms with Gasteiger partial charge in [-0.3, -0.25) is 4.79 Å². The van der Waals surface area contributed by atoms with Crippen LogP contribution < -0.4 is 5.32 Å². The van der Waals surface area contributed by atoms with Crippen LogP contribution in [0.2, 0.25) is 0 Å². The van der Waals surface area contributed by atoms with Crippen LogP contribution in [-0.4, -0.2) is 10.2 Å². The molecule has 3 saturated carbocycles. The standard InChI is InChI=1S/C18H18Cl2F3NO/c19-17(20)13-6-4-11-12(5-7-14(13)17)15(11)16(25)24-10-3-1-2-9(8-10)18(21,22)23/h1-3,8,11-15H,4-7H2,(H,24,25)/t11-,12-,13+,14+/m0/s1. The molecule has 0 aliphatic heterocycles. The SMILES string of the molecule is O=C(Nc1cccc(C(F)(F)F)c1)C1[C@H]2CC[C@@H]3[C@@H](CC[C@H]12)C3(Cl)Cl. The van der Waals surface area contributed by atoms with E-state index in [1.807, 2.05) is 0 Å². The Morgan fingerprint density at radius 1 is 1.08 bits per heavy atom. The van der Waals surface area contributed by atoms with Crippen molar-refractivity contribution in [3.8, 4) is 0 Å². The number of alkyl halides is 5. The lowest BCUT2D eigenvalue weighted by Gasteiger charge is -2.10. The largest absolute Gasteiger partial charge is 0.416 e. The van der Waals surface area contributed by atoms with Crippen molar-refractivity contribution in [2.75, 3.05) is 5.32 Å². The van der Waals surface area contributed by atoms with Crippen LogP contribution in [0, 0.1) is 29.6 Å². The summed E-state index contributed by atoms with van der Waals surface area (Å²) in [5, 5.41) is 2.66. The van der Waals surface area contributed by atoms with E-state index >= 15 is 0 Å². The van der Waals surface area contributed by atoms with Gasteiger partial charge in [0.05, 0.1) is 5.56 Å². The molecular formula is C18H18Cl2F3NO. The summed E-state index contributed by atoms with van der Waals surface area (Å²) in [7, 11) is 0. The minimum Gasteiger partial charge on any atom is -0.326 e. The summed E-state index contributed by atoms with van der Waals surface area (Å²) in [5.41, 5.74) is -0.560. The fourth-order valence-electron chi connectivity index (χ4n) is 4.61. The van der Waals surface area contributed by atoms with E-state index in [2.05, 4.69) is 5.32 Å². The quantitative estimate of drug-likeness (QED) is 0.662. The summed E-state index contributed by atoms with van der Waals surface area (Å²) < 4.78 is 37.7. The van der Waals surface area contributed by atoms with E-state index in [9.17, 15) is 18.0 Å². The third-order valence-corrected chi connectivity index (χ3v) is 7.20. The normalized spacial score (nSPS) is 35.6. The molecule has 0 aromatic heterocycles. The first kappa shape index (κ1) is 17.5. The van der Waals surface area contributed by atoms with Crippen LogP contribution in [0.15, 0.2) is 24.3 Å². The molecule has 3 aliphatic rings. The number of fused-ring (bicyclic) bond motifs is 2. The highest BCUT2D eigenvalue weighted by molar-refractivity contribution is 6.51. The zero-order chi connectivity index (χ0) is 18.0. The van der Waals surface area contributed by atoms with Crippen LogP contribution in [-0.2, 0) is 11.0 Å². The van der Waals surface area contributed by atoms with E-state index in [0.29, 0.717) is 23.7 Å². The molecule has 0 spiro atoms. The van der Waals surface area contributed by atoms with Crippen molar-refractivity contribution in [3.63, 3.8) is 0 Å². The summed E-state index contributed by atoms with van der Waals surface area (Å²) in [5.74, 6) is 0.974. The van der Waals surface area contributed by atoms with Gasteiger partial charge in [-0.1, -0.05) is 6.07 Å². The highest BCUT2D eigenvalue weighted by atomic mass is 35.5. The van der Waals surface area contributed by atoms with Crippen LogP contribution in [0.4, 0.5) is 18.9 Å². The molecule has 1 amide bonds. The van der Waals surface area contributed by atoms with E-state index in [-0.39, 0.29) is 17.5 Å². The number of nitrogens with one attached hydrogen (secondary N) is 1. The van der Waals surface area contributed by atoms with E-state index in [4.69, 9.17) is 23.2 Å². The molecule has 0 saturated heterocycles. The van der Waals surface area contributed by atoms with Gasteiger partial charge in [0.2, 0.25) is 5.91 Å². The maximum absolute atomic E-state index is 12.8. The Morgan fingerprint density at radius 2 is 1.68 bits per heavy atom. The van der Waals surface area contributed by atoms with E-state index in [0.717, 1.165) is 37.8 Å². The Morgan fingerprint density at radius 3 is 2.24 bits per heavy atom. The summed E-state index contributed by atoms with van der Waals surface area (Å²) in [6, 6.07) is 4.77. The van der Waals surface area contributed by atoms with Crippen molar-refractivity contribution >= 4 is 34.8 Å². The molecule has 4 rings (SSSR count). The number of benzene rings is 1. The second kappa shape index (κ2) is 5.78. The second-order valence-electron chi connectivity index (χ2n) is 7.46. The monoisotopic (exact) mass is 391 g/mol. The minimum atomic E-state index is -4.42. The Labute approximate surface area is 154 Å². The van der Waals surface area contributed by atoms with Gasteiger partial charge in [0.1, 0.15) is 4.33 Å². The second-order valence-corrected chi connectivity index (χ2v) is 8.91. The average molecular weight is 392 g/mol. The van der Waals surface area contributed by atoms with Crippen LogP contribution in [0.5, 0.6) is 0 Å². The number of hydrogen-bond donors (Lipinski definition) is 1. The Kier molecular flexibility index (Phi) is 4.04. The van der Waals surface area contributed by atoms with Crippen LogP contribution in [0.1, 0.15) is 31.2 Å². The maximum atomic E-state index is 12.8. The number of amides is 1. The van der Waals surface area contributed by atoms with E-state index in [1.54, 1.807) is 0 Å². The topological polar surface area (TPSA) is 29.1 Å². The molecule has 1 aromatic carbocycles. The summed E-state index contributed by atoms with van der Waals surface area (Å²) in [6.07, 6.45) is -0.749. The van der Waals surface area contributed by atoms with Gasteiger partial charge in [-0.05, 0) is 67.6 Å². The van der Waals surface area contributed by atoms with Crippen LogP contribution >= 0.6 is 23.2 Å². The molecule has 136 valence electrons. The van der Waals surface area contributed by atoms with Crippen molar-refractivity contribution in [2.24, 2.45) is 29.6 Å². The predicted octanol–water partition coefficient (Wildman–Crippen LogP) is 5.50. The molecule has 1 N–H and O–H groups in total. The van der Waals surface area contributed by atoms with Crippen LogP contribution in [0.3, 0.4) is 0 Å². The van der Waals surface area contributed by atoms with Gasteiger partial charge in [0.25, 0.3) is 0 Å². The van der Waals surface area contributed by atoms with Crippen molar-refractivity contribution in [2.45, 2.75) is 36.2 Å². The molecular weight excluding hydrogens is 374 g/mol.